The second kappa shape index (κ2) is 3.51. The first-order chi connectivity index (χ1) is 7.13. The lowest BCUT2D eigenvalue weighted by Gasteiger charge is -2.03. The van der Waals surface area contributed by atoms with Gasteiger partial charge in [0.15, 0.2) is 11.4 Å². The van der Waals surface area contributed by atoms with E-state index in [1.807, 2.05) is 0 Å². The van der Waals surface area contributed by atoms with Crippen molar-refractivity contribution in [1.29, 1.82) is 0 Å². The highest BCUT2D eigenvalue weighted by Crippen LogP contribution is 2.18. The number of rotatable bonds is 2. The third-order valence-electron chi connectivity index (χ3n) is 2.08. The summed E-state index contributed by atoms with van der Waals surface area (Å²) >= 11 is 5.83. The molecule has 1 N–H and O–H groups in total. The molecule has 2 rings (SSSR count). The maximum Gasteiger partial charge on any atom is 0.169 e. The lowest BCUT2D eigenvalue weighted by molar-refractivity contribution is 0.101. The molecule has 0 unspecified atom stereocenters. The van der Waals surface area contributed by atoms with Crippen molar-refractivity contribution in [2.75, 3.05) is 12.4 Å². The van der Waals surface area contributed by atoms with Crippen LogP contribution in [0.3, 0.4) is 0 Å². The number of hydrogen-bond acceptors (Lipinski definition) is 4. The Bertz CT molecular complexity index is 534. The van der Waals surface area contributed by atoms with Gasteiger partial charge in [-0.1, -0.05) is 11.6 Å². The highest BCUT2D eigenvalue weighted by atomic mass is 35.5. The maximum absolute atomic E-state index is 11.3. The average Bonchev–Trinajstić information content (AvgIpc) is 2.59. The van der Waals surface area contributed by atoms with E-state index in [-0.39, 0.29) is 5.78 Å². The molecule has 2 aromatic heterocycles. The zero-order chi connectivity index (χ0) is 11.0. The quantitative estimate of drug-likeness (QED) is 0.622. The van der Waals surface area contributed by atoms with Gasteiger partial charge in [-0.3, -0.25) is 4.79 Å². The Morgan fingerprint density at radius 2 is 2.33 bits per heavy atom. The smallest absolute Gasteiger partial charge is 0.169 e. The molecule has 0 spiro atoms. The Kier molecular flexibility index (Phi) is 2.32. The van der Waals surface area contributed by atoms with Crippen LogP contribution in [0.4, 0.5) is 5.82 Å². The van der Waals surface area contributed by atoms with Crippen LogP contribution >= 0.6 is 11.6 Å². The molecular weight excluding hydrogens is 216 g/mol. The third kappa shape index (κ3) is 1.55. The molecule has 0 fully saturated rings. The molecule has 0 saturated carbocycles. The van der Waals surface area contributed by atoms with Crippen molar-refractivity contribution in [3.05, 3.63) is 23.0 Å². The fraction of sp³-hybridized carbons (Fsp3) is 0.222. The summed E-state index contributed by atoms with van der Waals surface area (Å²) in [4.78, 5) is 15.3. The van der Waals surface area contributed by atoms with E-state index < -0.39 is 0 Å². The Labute approximate surface area is 91.1 Å². The van der Waals surface area contributed by atoms with Crippen LogP contribution in [0.1, 0.15) is 17.3 Å². The molecule has 5 nitrogen and oxygen atoms in total. The molecule has 0 saturated heterocycles. The van der Waals surface area contributed by atoms with Crippen LogP contribution < -0.4 is 5.32 Å². The summed E-state index contributed by atoms with van der Waals surface area (Å²) in [6.45, 7) is 1.47. The van der Waals surface area contributed by atoms with Crippen LogP contribution in [-0.4, -0.2) is 27.4 Å². The van der Waals surface area contributed by atoms with Crippen molar-refractivity contribution in [2.45, 2.75) is 6.92 Å². The number of halogens is 1. The zero-order valence-corrected chi connectivity index (χ0v) is 9.04. The third-order valence-corrected chi connectivity index (χ3v) is 2.27. The van der Waals surface area contributed by atoms with Gasteiger partial charge in [0.25, 0.3) is 0 Å². The molecule has 0 aromatic carbocycles. The molecule has 0 aliphatic rings. The monoisotopic (exact) mass is 224 g/mol. The number of nitrogens with one attached hydrogen (secondary N) is 1. The highest BCUT2D eigenvalue weighted by Gasteiger charge is 2.12. The van der Waals surface area contributed by atoms with Crippen molar-refractivity contribution in [3.8, 4) is 0 Å². The van der Waals surface area contributed by atoms with E-state index >= 15 is 0 Å². The van der Waals surface area contributed by atoms with E-state index in [0.29, 0.717) is 22.2 Å². The van der Waals surface area contributed by atoms with Crippen LogP contribution in [-0.2, 0) is 0 Å². The molecular formula is C9H9ClN4O. The number of ketones is 1. The second-order valence-corrected chi connectivity index (χ2v) is 3.45. The first kappa shape index (κ1) is 9.92. The van der Waals surface area contributed by atoms with Crippen LogP contribution in [0, 0.1) is 0 Å². The van der Waals surface area contributed by atoms with Crippen LogP contribution in [0.25, 0.3) is 5.65 Å². The van der Waals surface area contributed by atoms with Crippen LogP contribution in [0.2, 0.25) is 5.15 Å². The summed E-state index contributed by atoms with van der Waals surface area (Å²) in [6, 6.07) is 1.64. The van der Waals surface area contributed by atoms with Gasteiger partial charge in [0, 0.05) is 13.1 Å². The Morgan fingerprint density at radius 3 is 2.93 bits per heavy atom. The first-order valence-electron chi connectivity index (χ1n) is 4.36. The minimum Gasteiger partial charge on any atom is -0.373 e. The Morgan fingerprint density at radius 1 is 1.60 bits per heavy atom. The minimum atomic E-state index is -0.0816. The summed E-state index contributed by atoms with van der Waals surface area (Å²) in [5.41, 5.74) is 0.938. The number of hydrogen-bond donors (Lipinski definition) is 1. The van der Waals surface area contributed by atoms with E-state index in [9.17, 15) is 4.79 Å². The minimum absolute atomic E-state index is 0.0816. The van der Waals surface area contributed by atoms with E-state index in [1.54, 1.807) is 17.6 Å². The molecule has 0 atom stereocenters. The van der Waals surface area contributed by atoms with Crippen molar-refractivity contribution < 1.29 is 4.79 Å². The van der Waals surface area contributed by atoms with E-state index in [1.165, 1.54) is 13.1 Å². The predicted molar refractivity (Wildman–Crippen MR) is 57.5 cm³/mol. The second-order valence-electron chi connectivity index (χ2n) is 3.06. The van der Waals surface area contributed by atoms with Gasteiger partial charge in [-0.15, -0.1) is 0 Å². The molecule has 78 valence electrons. The predicted octanol–water partition coefficient (Wildman–Crippen LogP) is 1.63. The molecule has 0 aliphatic carbocycles. The fourth-order valence-corrected chi connectivity index (χ4v) is 1.54. The molecule has 6 heteroatoms. The number of fused-ring (bicyclic) bond motifs is 1. The van der Waals surface area contributed by atoms with Crippen molar-refractivity contribution >= 4 is 28.8 Å². The zero-order valence-electron chi connectivity index (χ0n) is 8.28. The van der Waals surface area contributed by atoms with Gasteiger partial charge < -0.3 is 5.32 Å². The average molecular weight is 225 g/mol. The van der Waals surface area contributed by atoms with Gasteiger partial charge in [0.2, 0.25) is 0 Å². The largest absolute Gasteiger partial charge is 0.373 e. The Hall–Kier alpha value is -1.62. The summed E-state index contributed by atoms with van der Waals surface area (Å²) in [5, 5.41) is 7.32. The molecule has 0 aliphatic heterocycles. The number of anilines is 1. The molecule has 0 amide bonds. The number of aromatic nitrogens is 3. The molecule has 2 heterocycles. The normalized spacial score (nSPS) is 10.6. The summed E-state index contributed by atoms with van der Waals surface area (Å²) < 4.78 is 1.54. The topological polar surface area (TPSA) is 59.3 Å². The van der Waals surface area contributed by atoms with Gasteiger partial charge in [0.1, 0.15) is 11.0 Å². The molecule has 0 bridgehead atoms. The molecule has 15 heavy (non-hydrogen) atoms. The Balaban J connectivity index is 2.80. The lowest BCUT2D eigenvalue weighted by atomic mass is 10.2. The van der Waals surface area contributed by atoms with E-state index in [2.05, 4.69) is 15.4 Å². The van der Waals surface area contributed by atoms with Crippen LogP contribution in [0.15, 0.2) is 12.3 Å². The van der Waals surface area contributed by atoms with Crippen molar-refractivity contribution in [1.82, 2.24) is 14.6 Å². The molecule has 2 aromatic rings. The molecule has 0 radical (unpaired) electrons. The standard InChI is InChI=1S/C9H9ClN4O/c1-5(15)6-4-12-14-8(11-2)3-7(10)13-9(6)14/h3-4,11H,1-2H3. The van der Waals surface area contributed by atoms with Crippen LogP contribution in [0.5, 0.6) is 0 Å². The number of Topliss-reactive ketones (excluding diaryl/α,β-unsaturated/α-hetero) is 1. The first-order valence-corrected chi connectivity index (χ1v) is 4.74. The van der Waals surface area contributed by atoms with Gasteiger partial charge in [-0.25, -0.2) is 4.98 Å². The van der Waals surface area contributed by atoms with Gasteiger partial charge in [-0.2, -0.15) is 9.61 Å². The van der Waals surface area contributed by atoms with Gasteiger partial charge in [0.05, 0.1) is 11.8 Å². The highest BCUT2D eigenvalue weighted by molar-refractivity contribution is 6.29. The fourth-order valence-electron chi connectivity index (χ4n) is 1.36. The number of carbonyl (C=O) groups is 1. The van der Waals surface area contributed by atoms with Crippen molar-refractivity contribution in [3.63, 3.8) is 0 Å². The maximum atomic E-state index is 11.3. The van der Waals surface area contributed by atoms with E-state index in [0.717, 1.165) is 0 Å². The van der Waals surface area contributed by atoms with E-state index in [4.69, 9.17) is 11.6 Å². The number of nitrogens with zero attached hydrogens (tertiary/aromatic N) is 3. The lowest BCUT2D eigenvalue weighted by Crippen LogP contribution is -2.02. The summed E-state index contributed by atoms with van der Waals surface area (Å²) in [5.74, 6) is 0.610. The number of carbonyl (C=O) groups excluding carboxylic acids is 1. The summed E-state index contributed by atoms with van der Waals surface area (Å²) in [6.07, 6.45) is 1.49. The summed E-state index contributed by atoms with van der Waals surface area (Å²) in [7, 11) is 1.75. The van der Waals surface area contributed by atoms with Gasteiger partial charge in [-0.05, 0) is 6.92 Å². The SMILES string of the molecule is CNc1cc(Cl)nc2c(C(C)=O)cnn12. The van der Waals surface area contributed by atoms with Crippen molar-refractivity contribution in [2.24, 2.45) is 0 Å². The van der Waals surface area contributed by atoms with Gasteiger partial charge >= 0.3 is 0 Å².